The zero-order valence-electron chi connectivity index (χ0n) is 5.07. The molecule has 0 aliphatic rings. The van der Waals surface area contributed by atoms with Crippen molar-refractivity contribution in [3.63, 3.8) is 0 Å². The van der Waals surface area contributed by atoms with Crippen molar-refractivity contribution >= 4 is 0 Å². The van der Waals surface area contributed by atoms with Crippen LogP contribution in [0.15, 0.2) is 12.2 Å². The van der Waals surface area contributed by atoms with Gasteiger partial charge < -0.3 is 5.73 Å². The fourth-order valence-electron chi connectivity index (χ4n) is 0.322. The quantitative estimate of drug-likeness (QED) is 0.519. The van der Waals surface area contributed by atoms with Gasteiger partial charge in [-0.3, -0.25) is 0 Å². The Kier molecular flexibility index (Phi) is 2.68. The molecule has 0 spiro atoms. The summed E-state index contributed by atoms with van der Waals surface area (Å²) in [5, 5.41) is 0. The Morgan fingerprint density at radius 3 is 2.29 bits per heavy atom. The molecule has 0 heterocycles. The molecule has 0 aromatic carbocycles. The van der Waals surface area contributed by atoms with Crippen LogP contribution < -0.4 is 5.73 Å². The average molecular weight is 99.2 g/mol. The predicted molar refractivity (Wildman–Crippen MR) is 33.1 cm³/mol. The molecule has 0 aromatic heterocycles. The van der Waals surface area contributed by atoms with Crippen molar-refractivity contribution in [2.75, 3.05) is 0 Å². The molecule has 0 radical (unpaired) electrons. The Morgan fingerprint density at radius 2 is 2.29 bits per heavy atom. The molecule has 0 fully saturated rings. The number of nitrogens with two attached hydrogens (primary N) is 1. The van der Waals surface area contributed by atoms with Gasteiger partial charge in [-0.2, -0.15) is 0 Å². The van der Waals surface area contributed by atoms with Gasteiger partial charge in [-0.05, 0) is 13.3 Å². The minimum Gasteiger partial charge on any atom is -0.324 e. The third kappa shape index (κ3) is 2.40. The van der Waals surface area contributed by atoms with Gasteiger partial charge in [-0.1, -0.05) is 19.1 Å². The van der Waals surface area contributed by atoms with E-state index in [1.165, 1.54) is 0 Å². The third-order valence-corrected chi connectivity index (χ3v) is 1.10. The van der Waals surface area contributed by atoms with Crippen LogP contribution in [0, 0.1) is 0 Å². The van der Waals surface area contributed by atoms with E-state index in [9.17, 15) is 0 Å². The van der Waals surface area contributed by atoms with E-state index in [-0.39, 0.29) is 6.04 Å². The second-order valence-corrected chi connectivity index (χ2v) is 1.80. The van der Waals surface area contributed by atoms with Gasteiger partial charge in [-0.25, -0.2) is 0 Å². The molecule has 0 aliphatic heterocycles. The summed E-state index contributed by atoms with van der Waals surface area (Å²) in [6.45, 7) is 7.76. The van der Waals surface area contributed by atoms with E-state index >= 15 is 0 Å². The molecule has 42 valence electrons. The van der Waals surface area contributed by atoms with Gasteiger partial charge in [0.15, 0.2) is 0 Å². The fourth-order valence-corrected chi connectivity index (χ4v) is 0.322. The van der Waals surface area contributed by atoms with Crippen LogP contribution in [0.25, 0.3) is 0 Å². The summed E-state index contributed by atoms with van der Waals surface area (Å²) in [6, 6.07) is 0.171. The smallest absolute Gasteiger partial charge is 0.0221 e. The highest BCUT2D eigenvalue weighted by Crippen LogP contribution is 1.98. The van der Waals surface area contributed by atoms with E-state index in [0.717, 1.165) is 12.0 Å². The molecule has 0 saturated heterocycles. The highest BCUT2D eigenvalue weighted by atomic mass is 14.6. The van der Waals surface area contributed by atoms with Gasteiger partial charge in [0.2, 0.25) is 0 Å². The number of rotatable bonds is 2. The zero-order chi connectivity index (χ0) is 5.86. The average Bonchev–Trinajstić information content (AvgIpc) is 1.65. The molecule has 7 heavy (non-hydrogen) atoms. The summed E-state index contributed by atoms with van der Waals surface area (Å²) >= 11 is 0. The zero-order valence-corrected chi connectivity index (χ0v) is 5.07. The van der Waals surface area contributed by atoms with Crippen molar-refractivity contribution in [2.45, 2.75) is 26.3 Å². The van der Waals surface area contributed by atoms with Crippen molar-refractivity contribution < 1.29 is 0 Å². The van der Waals surface area contributed by atoms with Gasteiger partial charge >= 0.3 is 0 Å². The Labute approximate surface area is 45.2 Å². The molecule has 0 unspecified atom stereocenters. The molecule has 0 bridgehead atoms. The lowest BCUT2D eigenvalue weighted by atomic mass is 10.1. The molecular weight excluding hydrogens is 86.1 g/mol. The first-order valence-electron chi connectivity index (χ1n) is 2.61. The maximum Gasteiger partial charge on any atom is 0.0221 e. The predicted octanol–water partition coefficient (Wildman–Crippen LogP) is 1.30. The summed E-state index contributed by atoms with van der Waals surface area (Å²) in [5.41, 5.74) is 6.57. The molecule has 0 amide bonds. The van der Waals surface area contributed by atoms with Gasteiger partial charge in [0.25, 0.3) is 0 Å². The van der Waals surface area contributed by atoms with Crippen molar-refractivity contribution in [1.29, 1.82) is 0 Å². The summed E-state index contributed by atoms with van der Waals surface area (Å²) in [6.07, 6.45) is 0.998. The van der Waals surface area contributed by atoms with Crippen LogP contribution in [-0.2, 0) is 0 Å². The summed E-state index contributed by atoms with van der Waals surface area (Å²) < 4.78 is 0. The van der Waals surface area contributed by atoms with Gasteiger partial charge in [0, 0.05) is 6.04 Å². The van der Waals surface area contributed by atoms with Crippen molar-refractivity contribution in [2.24, 2.45) is 5.73 Å². The Balaban J connectivity index is 3.35. The van der Waals surface area contributed by atoms with E-state index in [1.54, 1.807) is 0 Å². The van der Waals surface area contributed by atoms with Crippen LogP contribution in [0.1, 0.15) is 20.3 Å². The molecule has 0 aliphatic carbocycles. The van der Waals surface area contributed by atoms with Gasteiger partial charge in [0.05, 0.1) is 0 Å². The maximum atomic E-state index is 5.45. The largest absolute Gasteiger partial charge is 0.324 e. The minimum atomic E-state index is 0.171. The monoisotopic (exact) mass is 99.1 g/mol. The van der Waals surface area contributed by atoms with Crippen LogP contribution in [0.3, 0.4) is 0 Å². The summed E-state index contributed by atoms with van der Waals surface area (Å²) in [7, 11) is 0. The normalized spacial score (nSPS) is 13.6. The summed E-state index contributed by atoms with van der Waals surface area (Å²) in [5.74, 6) is 0. The topological polar surface area (TPSA) is 26.0 Å². The highest BCUT2D eigenvalue weighted by molar-refractivity contribution is 5.00. The molecule has 2 N–H and O–H groups in total. The van der Waals surface area contributed by atoms with E-state index in [0.29, 0.717) is 0 Å². The molecule has 1 nitrogen and oxygen atoms in total. The van der Waals surface area contributed by atoms with Crippen molar-refractivity contribution in [3.8, 4) is 0 Å². The Bertz CT molecular complexity index is 64.6. The van der Waals surface area contributed by atoms with Crippen LogP contribution in [0.5, 0.6) is 0 Å². The van der Waals surface area contributed by atoms with Crippen molar-refractivity contribution in [1.82, 2.24) is 0 Å². The SMILES string of the molecule is C=C(CC)[C@@H](C)N. The molecule has 1 heteroatoms. The van der Waals surface area contributed by atoms with E-state index in [4.69, 9.17) is 5.73 Å². The van der Waals surface area contributed by atoms with Crippen LogP contribution in [-0.4, -0.2) is 6.04 Å². The first-order chi connectivity index (χ1) is 3.18. The Hall–Kier alpha value is -0.300. The van der Waals surface area contributed by atoms with Crippen LogP contribution >= 0.6 is 0 Å². The minimum absolute atomic E-state index is 0.171. The first kappa shape index (κ1) is 6.70. The number of hydrogen-bond donors (Lipinski definition) is 1. The highest BCUT2D eigenvalue weighted by Gasteiger charge is 1.93. The molecule has 0 saturated carbocycles. The van der Waals surface area contributed by atoms with Crippen molar-refractivity contribution in [3.05, 3.63) is 12.2 Å². The standard InChI is InChI=1S/C6H13N/c1-4-5(2)6(3)7/h6H,2,4,7H2,1,3H3/t6-/m1/s1. The summed E-state index contributed by atoms with van der Waals surface area (Å²) in [4.78, 5) is 0. The molecule has 1 atom stereocenters. The van der Waals surface area contributed by atoms with E-state index in [1.807, 2.05) is 6.92 Å². The molecule has 0 aromatic rings. The van der Waals surface area contributed by atoms with E-state index < -0.39 is 0 Å². The van der Waals surface area contributed by atoms with Gasteiger partial charge in [-0.15, -0.1) is 0 Å². The lowest BCUT2D eigenvalue weighted by molar-refractivity contribution is 0.819. The first-order valence-corrected chi connectivity index (χ1v) is 2.61. The lowest BCUT2D eigenvalue weighted by Gasteiger charge is -2.03. The number of hydrogen-bond acceptors (Lipinski definition) is 1. The van der Waals surface area contributed by atoms with Crippen LogP contribution in [0.2, 0.25) is 0 Å². The molecule has 0 rings (SSSR count). The Morgan fingerprint density at radius 1 is 1.86 bits per heavy atom. The lowest BCUT2D eigenvalue weighted by Crippen LogP contribution is -2.16. The maximum absolute atomic E-state index is 5.45. The molecular formula is C6H13N. The van der Waals surface area contributed by atoms with E-state index in [2.05, 4.69) is 13.5 Å². The van der Waals surface area contributed by atoms with Gasteiger partial charge in [0.1, 0.15) is 0 Å². The second-order valence-electron chi connectivity index (χ2n) is 1.80. The van der Waals surface area contributed by atoms with Crippen LogP contribution in [0.4, 0.5) is 0 Å². The fraction of sp³-hybridized carbons (Fsp3) is 0.667. The third-order valence-electron chi connectivity index (χ3n) is 1.10. The second kappa shape index (κ2) is 2.80.